The van der Waals surface area contributed by atoms with Crippen LogP contribution in [0.4, 0.5) is 30.7 Å². The Morgan fingerprint density at radius 3 is 2.04 bits per heavy atom. The van der Waals surface area contributed by atoms with Crippen molar-refractivity contribution in [3.8, 4) is 0 Å². The summed E-state index contributed by atoms with van der Waals surface area (Å²) >= 11 is 0. The third kappa shape index (κ3) is 6.23. The zero-order valence-corrected chi connectivity index (χ0v) is 15.6. The number of hydrogen-bond acceptors (Lipinski definition) is 2. The molecule has 0 aromatic heterocycles. The molecule has 11 heteroatoms. The Morgan fingerprint density at radius 1 is 1.04 bits per heavy atom. The molecule has 1 aromatic carbocycles. The highest BCUT2D eigenvalue weighted by Gasteiger charge is 2.42. The summed E-state index contributed by atoms with van der Waals surface area (Å²) in [5.41, 5.74) is -4.01. The molecule has 1 aliphatic heterocycles. The SMILES string of the molecule is C=CC[C@H](c1c(F)cc(C(F)(F)F)cc1C(F)(F)F)N1CCNCC1.Cl.Cl. The maximum absolute atomic E-state index is 14.4. The number of piperazine rings is 1. The minimum Gasteiger partial charge on any atom is -0.314 e. The van der Waals surface area contributed by atoms with E-state index in [0.29, 0.717) is 26.2 Å². The number of alkyl halides is 6. The van der Waals surface area contributed by atoms with E-state index >= 15 is 0 Å². The lowest BCUT2D eigenvalue weighted by molar-refractivity contribution is -0.144. The van der Waals surface area contributed by atoms with Crippen LogP contribution in [0.25, 0.3) is 0 Å². The van der Waals surface area contributed by atoms with E-state index in [2.05, 4.69) is 11.9 Å². The normalized spacial score (nSPS) is 16.9. The molecule has 0 amide bonds. The van der Waals surface area contributed by atoms with E-state index in [9.17, 15) is 30.7 Å². The van der Waals surface area contributed by atoms with Crippen LogP contribution < -0.4 is 5.32 Å². The zero-order valence-electron chi connectivity index (χ0n) is 14.0. The van der Waals surface area contributed by atoms with Crippen molar-refractivity contribution in [1.82, 2.24) is 10.2 Å². The van der Waals surface area contributed by atoms with Crippen molar-refractivity contribution in [2.75, 3.05) is 26.2 Å². The highest BCUT2D eigenvalue weighted by Crippen LogP contribution is 2.42. The summed E-state index contributed by atoms with van der Waals surface area (Å²) in [5.74, 6) is -1.51. The standard InChI is InChI=1S/C16H17F7N2.2ClH/c1-2-3-13(25-6-4-24-5-7-25)14-11(16(21,22)23)8-10(9-12(14)17)15(18,19)20;;/h2,8-9,13,24H,1,3-7H2;2*1H/t13-;;/m1../s1. The van der Waals surface area contributed by atoms with Crippen molar-refractivity contribution in [2.45, 2.75) is 24.8 Å². The molecule has 1 heterocycles. The van der Waals surface area contributed by atoms with Gasteiger partial charge in [-0.2, -0.15) is 26.3 Å². The predicted molar refractivity (Wildman–Crippen MR) is 92.9 cm³/mol. The molecule has 0 unspecified atom stereocenters. The maximum atomic E-state index is 14.4. The number of benzene rings is 1. The summed E-state index contributed by atoms with van der Waals surface area (Å²) in [6, 6.07) is -0.918. The molecule has 2 rings (SSSR count). The van der Waals surface area contributed by atoms with Crippen LogP contribution in [0.3, 0.4) is 0 Å². The molecule has 1 aromatic rings. The summed E-state index contributed by atoms with van der Waals surface area (Å²) in [7, 11) is 0. The number of nitrogens with zero attached hydrogens (tertiary/aromatic N) is 1. The van der Waals surface area contributed by atoms with Crippen LogP contribution in [0, 0.1) is 5.82 Å². The lowest BCUT2D eigenvalue weighted by atomic mass is 9.93. The molecular formula is C16H19Cl2F7N2. The van der Waals surface area contributed by atoms with Gasteiger partial charge in [-0.05, 0) is 18.6 Å². The van der Waals surface area contributed by atoms with Crippen molar-refractivity contribution in [2.24, 2.45) is 0 Å². The first-order chi connectivity index (χ1) is 11.6. The minimum atomic E-state index is -5.11. The molecule has 0 radical (unpaired) electrons. The molecule has 0 saturated carbocycles. The van der Waals surface area contributed by atoms with E-state index in [0.717, 1.165) is 0 Å². The fourth-order valence-electron chi connectivity index (χ4n) is 2.96. The van der Waals surface area contributed by atoms with Gasteiger partial charge in [0, 0.05) is 37.8 Å². The zero-order chi connectivity index (χ0) is 18.8. The first kappa shape index (κ1) is 26.0. The van der Waals surface area contributed by atoms with Crippen LogP contribution in [-0.4, -0.2) is 31.1 Å². The predicted octanol–water partition coefficient (Wildman–Crippen LogP) is 5.23. The van der Waals surface area contributed by atoms with Crippen molar-refractivity contribution in [1.29, 1.82) is 0 Å². The summed E-state index contributed by atoms with van der Waals surface area (Å²) in [6.07, 6.45) is -8.84. The highest BCUT2D eigenvalue weighted by molar-refractivity contribution is 5.85. The quantitative estimate of drug-likeness (QED) is 0.507. The van der Waals surface area contributed by atoms with E-state index < -0.39 is 40.9 Å². The fraction of sp³-hybridized carbons (Fsp3) is 0.500. The van der Waals surface area contributed by atoms with Gasteiger partial charge in [-0.15, -0.1) is 31.4 Å². The van der Waals surface area contributed by atoms with E-state index in [4.69, 9.17) is 0 Å². The smallest absolute Gasteiger partial charge is 0.314 e. The van der Waals surface area contributed by atoms with Crippen molar-refractivity contribution in [3.63, 3.8) is 0 Å². The number of hydrogen-bond donors (Lipinski definition) is 1. The second kappa shape index (κ2) is 9.95. The van der Waals surface area contributed by atoms with Gasteiger partial charge in [0.25, 0.3) is 0 Å². The Kier molecular flexibility index (Phi) is 9.57. The van der Waals surface area contributed by atoms with E-state index in [1.54, 1.807) is 4.90 Å². The lowest BCUT2D eigenvalue weighted by Crippen LogP contribution is -2.45. The fourth-order valence-corrected chi connectivity index (χ4v) is 2.96. The van der Waals surface area contributed by atoms with Crippen molar-refractivity contribution >= 4 is 24.8 Å². The molecule has 0 bridgehead atoms. The van der Waals surface area contributed by atoms with Crippen LogP contribution in [0.2, 0.25) is 0 Å². The highest BCUT2D eigenvalue weighted by atomic mass is 35.5. The van der Waals surface area contributed by atoms with Crippen LogP contribution in [0.5, 0.6) is 0 Å². The molecular weight excluding hydrogens is 424 g/mol. The molecule has 27 heavy (non-hydrogen) atoms. The van der Waals surface area contributed by atoms with Crippen LogP contribution in [0.1, 0.15) is 29.2 Å². The summed E-state index contributed by atoms with van der Waals surface area (Å²) in [5, 5.41) is 3.02. The van der Waals surface area contributed by atoms with Gasteiger partial charge >= 0.3 is 12.4 Å². The van der Waals surface area contributed by atoms with Gasteiger partial charge in [0.1, 0.15) is 5.82 Å². The lowest BCUT2D eigenvalue weighted by Gasteiger charge is -2.36. The topological polar surface area (TPSA) is 15.3 Å². The van der Waals surface area contributed by atoms with E-state index in [-0.39, 0.29) is 43.4 Å². The van der Waals surface area contributed by atoms with Crippen LogP contribution >= 0.6 is 24.8 Å². The van der Waals surface area contributed by atoms with Gasteiger partial charge in [-0.3, -0.25) is 4.90 Å². The summed E-state index contributed by atoms with van der Waals surface area (Å²) in [6.45, 7) is 5.18. The van der Waals surface area contributed by atoms with Gasteiger partial charge < -0.3 is 5.32 Å². The average Bonchev–Trinajstić information content (AvgIpc) is 2.51. The first-order valence-corrected chi connectivity index (χ1v) is 7.59. The molecule has 1 N–H and O–H groups in total. The van der Waals surface area contributed by atoms with E-state index in [1.165, 1.54) is 6.08 Å². The van der Waals surface area contributed by atoms with Gasteiger partial charge in [-0.1, -0.05) is 6.08 Å². The third-order valence-corrected chi connectivity index (χ3v) is 4.08. The van der Waals surface area contributed by atoms with Gasteiger partial charge in [0.05, 0.1) is 11.1 Å². The Balaban J connectivity index is 0.00000338. The Morgan fingerprint density at radius 2 is 1.59 bits per heavy atom. The molecule has 2 nitrogen and oxygen atoms in total. The second-order valence-corrected chi connectivity index (χ2v) is 5.74. The molecule has 1 aliphatic rings. The Bertz CT molecular complexity index is 626. The molecule has 0 aliphatic carbocycles. The van der Waals surface area contributed by atoms with Gasteiger partial charge in [-0.25, -0.2) is 4.39 Å². The third-order valence-electron chi connectivity index (χ3n) is 4.08. The number of rotatable bonds is 4. The van der Waals surface area contributed by atoms with Gasteiger partial charge in [0.2, 0.25) is 0 Å². The van der Waals surface area contributed by atoms with Crippen LogP contribution in [-0.2, 0) is 12.4 Å². The van der Waals surface area contributed by atoms with Crippen molar-refractivity contribution < 1.29 is 30.7 Å². The molecule has 1 atom stereocenters. The Labute approximate surface area is 164 Å². The summed E-state index contributed by atoms with van der Waals surface area (Å²) in [4.78, 5) is 1.62. The number of nitrogens with one attached hydrogen (secondary N) is 1. The maximum Gasteiger partial charge on any atom is 0.416 e. The molecule has 0 spiro atoms. The number of halogens is 9. The average molecular weight is 443 g/mol. The first-order valence-electron chi connectivity index (χ1n) is 7.59. The molecule has 1 fully saturated rings. The van der Waals surface area contributed by atoms with E-state index in [1.807, 2.05) is 0 Å². The molecule has 1 saturated heterocycles. The van der Waals surface area contributed by atoms with Crippen molar-refractivity contribution in [3.05, 3.63) is 47.3 Å². The molecule has 156 valence electrons. The monoisotopic (exact) mass is 442 g/mol. The van der Waals surface area contributed by atoms with Crippen LogP contribution in [0.15, 0.2) is 24.8 Å². The Hall–Kier alpha value is -1.03. The minimum absolute atomic E-state index is 0. The van der Waals surface area contributed by atoms with Gasteiger partial charge in [0.15, 0.2) is 0 Å². The summed E-state index contributed by atoms with van der Waals surface area (Å²) < 4.78 is 93.0. The largest absolute Gasteiger partial charge is 0.416 e. The second-order valence-electron chi connectivity index (χ2n) is 5.74.